The number of nitrogens with one attached hydrogen (secondary N) is 1. The van der Waals surface area contributed by atoms with Crippen molar-refractivity contribution in [3.8, 4) is 5.75 Å². The molecule has 0 saturated heterocycles. The molecule has 0 radical (unpaired) electrons. The lowest BCUT2D eigenvalue weighted by atomic mass is 9.86. The third kappa shape index (κ3) is 5.13. The van der Waals surface area contributed by atoms with Gasteiger partial charge in [-0.3, -0.25) is 4.79 Å². The summed E-state index contributed by atoms with van der Waals surface area (Å²) in [6, 6.07) is 26.2. The first-order valence-corrected chi connectivity index (χ1v) is 10.5. The van der Waals surface area contributed by atoms with E-state index in [1.807, 2.05) is 66.7 Å². The number of ether oxygens (including phenoxy) is 1. The van der Waals surface area contributed by atoms with Gasteiger partial charge in [-0.05, 0) is 52.0 Å². The fourth-order valence-corrected chi connectivity index (χ4v) is 3.44. The molecule has 3 nitrogen and oxygen atoms in total. The van der Waals surface area contributed by atoms with Crippen LogP contribution in [0.25, 0.3) is 11.8 Å². The summed E-state index contributed by atoms with van der Waals surface area (Å²) in [6.45, 7) is 7.11. The van der Waals surface area contributed by atoms with Crippen LogP contribution < -0.4 is 10.1 Å². The van der Waals surface area contributed by atoms with Crippen LogP contribution in [-0.4, -0.2) is 5.91 Å². The van der Waals surface area contributed by atoms with Gasteiger partial charge in [0.25, 0.3) is 5.91 Å². The monoisotopic (exact) mass is 409 g/mol. The van der Waals surface area contributed by atoms with Crippen LogP contribution in [0.5, 0.6) is 5.75 Å². The summed E-state index contributed by atoms with van der Waals surface area (Å²) >= 11 is 0. The Bertz CT molecular complexity index is 1120. The molecule has 1 amide bonds. The van der Waals surface area contributed by atoms with Gasteiger partial charge >= 0.3 is 0 Å². The maximum absolute atomic E-state index is 12.5. The standard InChI is InChI=1S/C28H27NO2/c1-28(2,3)24-13-11-22(12-14-24)26-18-23(27(30)29-26)17-20-9-15-25(16-10-20)31-19-21-7-5-4-6-8-21/h4-18H,19H2,1-3H3,(H,29,30). The van der Waals surface area contributed by atoms with Gasteiger partial charge in [-0.25, -0.2) is 0 Å². The molecular weight excluding hydrogens is 382 g/mol. The van der Waals surface area contributed by atoms with E-state index in [-0.39, 0.29) is 11.3 Å². The van der Waals surface area contributed by atoms with Crippen LogP contribution in [0.2, 0.25) is 0 Å². The van der Waals surface area contributed by atoms with E-state index in [1.165, 1.54) is 5.56 Å². The average Bonchev–Trinajstić information content (AvgIpc) is 3.14. The Morgan fingerprint density at radius 2 is 1.55 bits per heavy atom. The SMILES string of the molecule is CC(C)(C)c1ccc(C2=CC(=Cc3ccc(OCc4ccccc4)cc3)C(=O)N2)cc1. The summed E-state index contributed by atoms with van der Waals surface area (Å²) in [5.74, 6) is 0.719. The Morgan fingerprint density at radius 3 is 2.19 bits per heavy atom. The second-order valence-electron chi connectivity index (χ2n) is 8.78. The number of carbonyl (C=O) groups excluding carboxylic acids is 1. The van der Waals surface area contributed by atoms with Crippen LogP contribution in [0.3, 0.4) is 0 Å². The second kappa shape index (κ2) is 8.65. The van der Waals surface area contributed by atoms with Crippen molar-refractivity contribution in [1.29, 1.82) is 0 Å². The molecule has 3 aromatic carbocycles. The quantitative estimate of drug-likeness (QED) is 0.516. The van der Waals surface area contributed by atoms with E-state index in [0.717, 1.165) is 28.1 Å². The minimum Gasteiger partial charge on any atom is -0.489 e. The zero-order chi connectivity index (χ0) is 21.8. The third-order valence-electron chi connectivity index (χ3n) is 5.32. The molecule has 0 fully saturated rings. The molecule has 0 aliphatic carbocycles. The molecule has 0 spiro atoms. The van der Waals surface area contributed by atoms with E-state index in [4.69, 9.17) is 4.74 Å². The fraction of sp³-hybridized carbons (Fsp3) is 0.179. The Morgan fingerprint density at radius 1 is 0.871 bits per heavy atom. The molecule has 156 valence electrons. The van der Waals surface area contributed by atoms with Gasteiger partial charge in [-0.1, -0.05) is 87.5 Å². The molecule has 0 atom stereocenters. The molecular formula is C28H27NO2. The van der Waals surface area contributed by atoms with E-state index in [2.05, 4.69) is 50.4 Å². The van der Waals surface area contributed by atoms with Crippen molar-refractivity contribution >= 4 is 17.7 Å². The predicted octanol–water partition coefficient (Wildman–Crippen LogP) is 6.12. The molecule has 1 heterocycles. The Hall–Kier alpha value is -3.59. The smallest absolute Gasteiger partial charge is 0.255 e. The Labute approximate surface area is 184 Å². The molecule has 1 N–H and O–H groups in total. The first-order valence-electron chi connectivity index (χ1n) is 10.5. The van der Waals surface area contributed by atoms with E-state index >= 15 is 0 Å². The van der Waals surface area contributed by atoms with Gasteiger partial charge < -0.3 is 10.1 Å². The van der Waals surface area contributed by atoms with Gasteiger partial charge in [0, 0.05) is 11.3 Å². The zero-order valence-electron chi connectivity index (χ0n) is 18.2. The van der Waals surface area contributed by atoms with Gasteiger partial charge in [0.15, 0.2) is 0 Å². The maximum atomic E-state index is 12.5. The molecule has 0 aromatic heterocycles. The van der Waals surface area contributed by atoms with E-state index in [0.29, 0.717) is 12.2 Å². The average molecular weight is 410 g/mol. The van der Waals surface area contributed by atoms with Crippen molar-refractivity contribution in [2.45, 2.75) is 32.8 Å². The lowest BCUT2D eigenvalue weighted by molar-refractivity contribution is -0.115. The van der Waals surface area contributed by atoms with Crippen molar-refractivity contribution in [3.63, 3.8) is 0 Å². The predicted molar refractivity (Wildman–Crippen MR) is 126 cm³/mol. The minimum atomic E-state index is -0.0840. The summed E-state index contributed by atoms with van der Waals surface area (Å²) in [5, 5.41) is 2.98. The van der Waals surface area contributed by atoms with E-state index in [9.17, 15) is 4.79 Å². The third-order valence-corrected chi connectivity index (χ3v) is 5.32. The molecule has 0 saturated carbocycles. The summed E-state index contributed by atoms with van der Waals surface area (Å²) < 4.78 is 5.83. The number of benzene rings is 3. The highest BCUT2D eigenvalue weighted by atomic mass is 16.5. The van der Waals surface area contributed by atoms with Crippen molar-refractivity contribution in [3.05, 3.63) is 113 Å². The maximum Gasteiger partial charge on any atom is 0.255 e. The van der Waals surface area contributed by atoms with Gasteiger partial charge in [0.1, 0.15) is 12.4 Å². The molecule has 1 aliphatic heterocycles. The molecule has 3 aromatic rings. The first kappa shape index (κ1) is 20.7. The zero-order valence-corrected chi connectivity index (χ0v) is 18.2. The number of hydrogen-bond acceptors (Lipinski definition) is 2. The van der Waals surface area contributed by atoms with Crippen molar-refractivity contribution in [1.82, 2.24) is 5.32 Å². The largest absolute Gasteiger partial charge is 0.489 e. The summed E-state index contributed by atoms with van der Waals surface area (Å²) in [6.07, 6.45) is 3.81. The highest BCUT2D eigenvalue weighted by molar-refractivity contribution is 6.10. The first-order chi connectivity index (χ1) is 14.9. The van der Waals surface area contributed by atoms with E-state index in [1.54, 1.807) is 0 Å². The van der Waals surface area contributed by atoms with Gasteiger partial charge in [0.05, 0.1) is 0 Å². The van der Waals surface area contributed by atoms with Crippen LogP contribution in [-0.2, 0) is 16.8 Å². The van der Waals surface area contributed by atoms with Gasteiger partial charge in [-0.15, -0.1) is 0 Å². The Kier molecular flexibility index (Phi) is 5.77. The molecule has 1 aliphatic rings. The minimum absolute atomic E-state index is 0.0840. The van der Waals surface area contributed by atoms with Crippen molar-refractivity contribution < 1.29 is 9.53 Å². The number of rotatable bonds is 5. The second-order valence-corrected chi connectivity index (χ2v) is 8.78. The van der Waals surface area contributed by atoms with Gasteiger partial charge in [0.2, 0.25) is 0 Å². The molecule has 31 heavy (non-hydrogen) atoms. The van der Waals surface area contributed by atoms with Gasteiger partial charge in [-0.2, -0.15) is 0 Å². The highest BCUT2D eigenvalue weighted by Crippen LogP contribution is 2.27. The topological polar surface area (TPSA) is 38.3 Å². The summed E-state index contributed by atoms with van der Waals surface area (Å²) in [4.78, 5) is 12.5. The molecule has 4 rings (SSSR count). The fourth-order valence-electron chi connectivity index (χ4n) is 3.44. The number of carbonyl (C=O) groups is 1. The Balaban J connectivity index is 1.45. The number of hydrogen-bond donors (Lipinski definition) is 1. The summed E-state index contributed by atoms with van der Waals surface area (Å²) in [5.41, 5.74) is 5.95. The van der Waals surface area contributed by atoms with Crippen molar-refractivity contribution in [2.75, 3.05) is 0 Å². The van der Waals surface area contributed by atoms with Crippen LogP contribution in [0, 0.1) is 0 Å². The molecule has 0 unspecified atom stereocenters. The van der Waals surface area contributed by atoms with Crippen molar-refractivity contribution in [2.24, 2.45) is 0 Å². The van der Waals surface area contributed by atoms with Crippen LogP contribution in [0.4, 0.5) is 0 Å². The van der Waals surface area contributed by atoms with E-state index < -0.39 is 0 Å². The lowest BCUT2D eigenvalue weighted by Gasteiger charge is -2.19. The lowest BCUT2D eigenvalue weighted by Crippen LogP contribution is -2.16. The highest BCUT2D eigenvalue weighted by Gasteiger charge is 2.20. The molecule has 0 bridgehead atoms. The number of amides is 1. The molecule has 3 heteroatoms. The van der Waals surface area contributed by atoms with Crippen LogP contribution in [0.15, 0.2) is 90.5 Å². The van der Waals surface area contributed by atoms with Crippen LogP contribution in [0.1, 0.15) is 43.0 Å². The summed E-state index contributed by atoms with van der Waals surface area (Å²) in [7, 11) is 0. The van der Waals surface area contributed by atoms with Crippen LogP contribution >= 0.6 is 0 Å². The normalized spacial score (nSPS) is 15.0.